The van der Waals surface area contributed by atoms with Crippen molar-refractivity contribution in [2.45, 2.75) is 31.6 Å². The van der Waals surface area contributed by atoms with E-state index < -0.39 is 12.1 Å². The van der Waals surface area contributed by atoms with Crippen LogP contribution in [0.2, 0.25) is 0 Å². The van der Waals surface area contributed by atoms with E-state index in [-0.39, 0.29) is 5.92 Å². The number of aromatic nitrogens is 2. The highest BCUT2D eigenvalue weighted by Crippen LogP contribution is 2.32. The minimum atomic E-state index is -1.04. The molecule has 8 heteroatoms. The Morgan fingerprint density at radius 3 is 2.57 bits per heavy atom. The smallest absolute Gasteiger partial charge is 0.376 e. The molecule has 0 atom stereocenters. The minimum absolute atomic E-state index is 0.280. The summed E-state index contributed by atoms with van der Waals surface area (Å²) in [5.41, 5.74) is 8.12. The number of nitrogens with one attached hydrogen (secondary N) is 1. The molecule has 0 saturated carbocycles. The molecule has 148 valence electrons. The van der Waals surface area contributed by atoms with Gasteiger partial charge in [-0.25, -0.2) is 14.8 Å². The molecule has 0 spiro atoms. The summed E-state index contributed by atoms with van der Waals surface area (Å²) in [5, 5.41) is 4.52. The number of esters is 1. The molecule has 2 fully saturated rings. The zero-order valence-corrected chi connectivity index (χ0v) is 15.8. The number of benzene rings is 1. The largest absolute Gasteiger partial charge is 0.412 e. The number of primary amides is 1. The average molecular weight is 383 g/mol. The van der Waals surface area contributed by atoms with Gasteiger partial charge in [0.1, 0.15) is 6.33 Å². The Hall–Kier alpha value is -2.74. The van der Waals surface area contributed by atoms with Crippen molar-refractivity contribution in [3.8, 4) is 0 Å². The molecule has 0 unspecified atom stereocenters. The lowest BCUT2D eigenvalue weighted by atomic mass is 9.91. The van der Waals surface area contributed by atoms with Gasteiger partial charge in [0, 0.05) is 30.1 Å². The number of amides is 1. The summed E-state index contributed by atoms with van der Waals surface area (Å²) in [5.74, 6) is -0.326. The van der Waals surface area contributed by atoms with Crippen LogP contribution in [0.15, 0.2) is 24.5 Å². The van der Waals surface area contributed by atoms with Crippen LogP contribution in [0.25, 0.3) is 10.9 Å². The Labute approximate surface area is 163 Å². The number of fused-ring (bicyclic) bond motifs is 1. The molecule has 1 aromatic heterocycles. The van der Waals surface area contributed by atoms with Crippen LogP contribution in [0.5, 0.6) is 0 Å². The minimum Gasteiger partial charge on any atom is -0.376 e. The van der Waals surface area contributed by atoms with Gasteiger partial charge in [0.15, 0.2) is 0 Å². The van der Waals surface area contributed by atoms with Crippen LogP contribution < -0.4 is 16.0 Å². The van der Waals surface area contributed by atoms with Gasteiger partial charge in [-0.05, 0) is 57.0 Å². The maximum atomic E-state index is 11.9. The summed E-state index contributed by atoms with van der Waals surface area (Å²) in [6.45, 7) is 3.50. The number of carbonyl (C=O) groups excluding carboxylic acids is 2. The number of rotatable bonds is 3. The topological polar surface area (TPSA) is 110 Å². The van der Waals surface area contributed by atoms with Gasteiger partial charge >= 0.3 is 12.1 Å². The maximum absolute atomic E-state index is 11.9. The highest BCUT2D eigenvalue weighted by atomic mass is 16.6. The quantitative estimate of drug-likeness (QED) is 0.615. The molecule has 0 aliphatic carbocycles. The Morgan fingerprint density at radius 2 is 1.86 bits per heavy atom. The van der Waals surface area contributed by atoms with Gasteiger partial charge in [-0.2, -0.15) is 0 Å². The van der Waals surface area contributed by atoms with Crippen molar-refractivity contribution in [1.82, 2.24) is 15.3 Å². The fourth-order valence-corrected chi connectivity index (χ4v) is 4.24. The zero-order valence-electron chi connectivity index (χ0n) is 15.8. The Kier molecular flexibility index (Phi) is 5.38. The first-order valence-corrected chi connectivity index (χ1v) is 9.83. The van der Waals surface area contributed by atoms with Crippen LogP contribution in [0.1, 0.15) is 37.3 Å². The highest BCUT2D eigenvalue weighted by Gasteiger charge is 2.28. The third-order valence-electron chi connectivity index (χ3n) is 5.77. The Balaban J connectivity index is 1.48. The molecule has 2 aliphatic heterocycles. The summed E-state index contributed by atoms with van der Waals surface area (Å²) < 4.78 is 4.52. The van der Waals surface area contributed by atoms with E-state index in [4.69, 9.17) is 5.73 Å². The third-order valence-corrected chi connectivity index (χ3v) is 5.77. The van der Waals surface area contributed by atoms with E-state index >= 15 is 0 Å². The van der Waals surface area contributed by atoms with Crippen LogP contribution >= 0.6 is 0 Å². The molecule has 4 rings (SSSR count). The van der Waals surface area contributed by atoms with Crippen molar-refractivity contribution in [2.24, 2.45) is 11.7 Å². The second-order valence-electron chi connectivity index (χ2n) is 7.49. The summed E-state index contributed by atoms with van der Waals surface area (Å²) >= 11 is 0. The molecule has 1 amide bonds. The van der Waals surface area contributed by atoms with E-state index in [0.29, 0.717) is 18.8 Å². The van der Waals surface area contributed by atoms with Gasteiger partial charge < -0.3 is 20.7 Å². The molecule has 2 saturated heterocycles. The number of carbonyl (C=O) groups is 2. The molecule has 3 heterocycles. The summed E-state index contributed by atoms with van der Waals surface area (Å²) in [6, 6.07) is 6.33. The predicted octanol–water partition coefficient (Wildman–Crippen LogP) is 1.94. The van der Waals surface area contributed by atoms with E-state index in [0.717, 1.165) is 61.3 Å². The summed E-state index contributed by atoms with van der Waals surface area (Å²) in [7, 11) is 0. The molecular weight excluding hydrogens is 358 g/mol. The molecule has 8 nitrogen and oxygen atoms in total. The van der Waals surface area contributed by atoms with Crippen molar-refractivity contribution < 1.29 is 14.3 Å². The van der Waals surface area contributed by atoms with E-state index in [1.165, 1.54) is 0 Å². The molecular formula is C20H25N5O3. The van der Waals surface area contributed by atoms with E-state index in [1.807, 2.05) is 0 Å². The van der Waals surface area contributed by atoms with Crippen molar-refractivity contribution in [1.29, 1.82) is 0 Å². The molecule has 0 radical (unpaired) electrons. The van der Waals surface area contributed by atoms with Gasteiger partial charge in [-0.3, -0.25) is 4.79 Å². The van der Waals surface area contributed by atoms with Crippen LogP contribution in [0.3, 0.4) is 0 Å². The van der Waals surface area contributed by atoms with E-state index in [2.05, 4.69) is 43.1 Å². The van der Waals surface area contributed by atoms with Gasteiger partial charge in [-0.1, -0.05) is 0 Å². The fraction of sp³-hybridized carbons (Fsp3) is 0.500. The Morgan fingerprint density at radius 1 is 1.11 bits per heavy atom. The lowest BCUT2D eigenvalue weighted by molar-refractivity contribution is -0.142. The molecule has 2 aliphatic rings. The standard InChI is InChI=1S/C20H25N5O3/c21-20(27)28-19(26)14-5-9-25(10-6-14)15-1-2-16-17(11-15)23-12-24-18(16)13-3-7-22-8-4-13/h1-2,11-14,22H,3-10H2,(H2,21,27). The van der Waals surface area contributed by atoms with Crippen LogP contribution in [0.4, 0.5) is 10.5 Å². The monoisotopic (exact) mass is 383 g/mol. The lowest BCUT2D eigenvalue weighted by Crippen LogP contribution is -2.37. The van der Waals surface area contributed by atoms with E-state index in [9.17, 15) is 9.59 Å². The molecule has 2 aromatic rings. The first kappa shape index (κ1) is 18.6. The number of hydrogen-bond donors (Lipinski definition) is 2. The van der Waals surface area contributed by atoms with Crippen molar-refractivity contribution in [3.63, 3.8) is 0 Å². The first-order valence-electron chi connectivity index (χ1n) is 9.83. The van der Waals surface area contributed by atoms with Crippen molar-refractivity contribution >= 4 is 28.7 Å². The zero-order chi connectivity index (χ0) is 19.5. The maximum Gasteiger partial charge on any atom is 0.412 e. The number of ether oxygens (including phenoxy) is 1. The summed E-state index contributed by atoms with van der Waals surface area (Å²) in [4.78, 5) is 33.9. The second kappa shape index (κ2) is 8.10. The normalized spacial score (nSPS) is 18.9. The van der Waals surface area contributed by atoms with Gasteiger partial charge in [0.25, 0.3) is 0 Å². The molecule has 28 heavy (non-hydrogen) atoms. The van der Waals surface area contributed by atoms with Crippen LogP contribution in [-0.2, 0) is 9.53 Å². The second-order valence-corrected chi connectivity index (χ2v) is 7.49. The van der Waals surface area contributed by atoms with Crippen molar-refractivity contribution in [3.05, 3.63) is 30.2 Å². The van der Waals surface area contributed by atoms with Gasteiger partial charge in [-0.15, -0.1) is 0 Å². The number of piperidine rings is 2. The molecule has 0 bridgehead atoms. The van der Waals surface area contributed by atoms with Gasteiger partial charge in [0.2, 0.25) is 0 Å². The fourth-order valence-electron chi connectivity index (χ4n) is 4.24. The summed E-state index contributed by atoms with van der Waals surface area (Å²) in [6.07, 6.45) is 4.09. The highest BCUT2D eigenvalue weighted by molar-refractivity contribution is 5.86. The predicted molar refractivity (Wildman–Crippen MR) is 105 cm³/mol. The number of hydrogen-bond acceptors (Lipinski definition) is 7. The molecule has 3 N–H and O–H groups in total. The van der Waals surface area contributed by atoms with E-state index in [1.54, 1.807) is 6.33 Å². The van der Waals surface area contributed by atoms with Crippen LogP contribution in [-0.4, -0.2) is 48.2 Å². The Bertz CT molecular complexity index is 873. The SMILES string of the molecule is NC(=O)OC(=O)C1CCN(c2ccc3c(C4CCNCC4)ncnc3c2)CC1. The molecule has 1 aromatic carbocycles. The number of nitrogens with zero attached hydrogens (tertiary/aromatic N) is 3. The number of anilines is 1. The van der Waals surface area contributed by atoms with Gasteiger partial charge in [0.05, 0.1) is 17.1 Å². The van der Waals surface area contributed by atoms with Crippen molar-refractivity contribution in [2.75, 3.05) is 31.1 Å². The average Bonchev–Trinajstić information content (AvgIpc) is 2.73. The first-order chi connectivity index (χ1) is 13.6. The lowest BCUT2D eigenvalue weighted by Gasteiger charge is -2.32. The number of nitrogens with two attached hydrogens (primary N) is 1. The third kappa shape index (κ3) is 3.91. The van der Waals surface area contributed by atoms with Crippen LogP contribution in [0, 0.1) is 5.92 Å².